The van der Waals surface area contributed by atoms with Crippen LogP contribution < -0.4 is 21.1 Å². The van der Waals surface area contributed by atoms with Gasteiger partial charge in [0.2, 0.25) is 5.91 Å². The van der Waals surface area contributed by atoms with Gasteiger partial charge in [-0.2, -0.15) is 0 Å². The molecule has 5 N–H and O–H groups in total. The molecule has 7 nitrogen and oxygen atoms in total. The fourth-order valence-corrected chi connectivity index (χ4v) is 1.64. The summed E-state index contributed by atoms with van der Waals surface area (Å²) in [4.78, 5) is 11.5. The van der Waals surface area contributed by atoms with Gasteiger partial charge in [0.05, 0.1) is 6.04 Å². The van der Waals surface area contributed by atoms with Gasteiger partial charge in [0.1, 0.15) is 12.4 Å². The third-order valence-corrected chi connectivity index (χ3v) is 2.82. The summed E-state index contributed by atoms with van der Waals surface area (Å²) < 4.78 is 5.53. The molecule has 0 aliphatic heterocycles. The topological polar surface area (TPSA) is 109 Å². The summed E-state index contributed by atoms with van der Waals surface area (Å²) >= 11 is 0. The first-order valence-corrected chi connectivity index (χ1v) is 6.80. The average Bonchev–Trinajstić information content (AvgIpc) is 2.51. The van der Waals surface area contributed by atoms with Gasteiger partial charge in [-0.05, 0) is 38.1 Å². The molecule has 21 heavy (non-hydrogen) atoms. The van der Waals surface area contributed by atoms with Gasteiger partial charge >= 0.3 is 0 Å². The predicted octanol–water partition coefficient (Wildman–Crippen LogP) is 0.274. The molecule has 1 amide bonds. The van der Waals surface area contributed by atoms with E-state index in [0.717, 1.165) is 0 Å². The van der Waals surface area contributed by atoms with Crippen molar-refractivity contribution in [2.24, 2.45) is 10.9 Å². The molecule has 0 aromatic heterocycles. The first-order chi connectivity index (χ1) is 10.1. The van der Waals surface area contributed by atoms with Crippen molar-refractivity contribution in [3.8, 4) is 5.75 Å². The van der Waals surface area contributed by atoms with Gasteiger partial charge in [0.15, 0.2) is 5.84 Å². The normalized spacial score (nSPS) is 12.8. The third kappa shape index (κ3) is 5.70. The summed E-state index contributed by atoms with van der Waals surface area (Å²) in [6, 6.07) is 6.63. The average molecular weight is 294 g/mol. The Morgan fingerprint density at radius 2 is 2.10 bits per heavy atom. The Labute approximate surface area is 124 Å². The zero-order valence-electron chi connectivity index (χ0n) is 12.3. The molecule has 7 heteroatoms. The molecule has 1 rings (SSSR count). The van der Waals surface area contributed by atoms with E-state index >= 15 is 0 Å². The third-order valence-electron chi connectivity index (χ3n) is 2.82. The molecule has 0 aliphatic carbocycles. The monoisotopic (exact) mass is 294 g/mol. The quantitative estimate of drug-likeness (QED) is 0.181. The molecule has 1 aromatic carbocycles. The number of carbonyl (C=O) groups excluding carboxylic acids is 1. The Kier molecular flexibility index (Phi) is 7.03. The van der Waals surface area contributed by atoms with Crippen molar-refractivity contribution in [1.29, 1.82) is 0 Å². The van der Waals surface area contributed by atoms with Crippen molar-refractivity contribution in [2.75, 3.05) is 19.7 Å². The zero-order valence-corrected chi connectivity index (χ0v) is 12.3. The Morgan fingerprint density at radius 3 is 2.67 bits per heavy atom. The van der Waals surface area contributed by atoms with Crippen LogP contribution in [0.1, 0.15) is 19.4 Å². The molecule has 0 fully saturated rings. The van der Waals surface area contributed by atoms with Crippen LogP contribution in [0.5, 0.6) is 5.75 Å². The number of nitrogens with one attached hydrogen (secondary N) is 2. The van der Waals surface area contributed by atoms with E-state index in [4.69, 9.17) is 15.7 Å². The van der Waals surface area contributed by atoms with Crippen molar-refractivity contribution in [2.45, 2.75) is 19.9 Å². The van der Waals surface area contributed by atoms with Crippen LogP contribution >= 0.6 is 0 Å². The van der Waals surface area contributed by atoms with Gasteiger partial charge in [-0.1, -0.05) is 5.16 Å². The van der Waals surface area contributed by atoms with E-state index in [-0.39, 0.29) is 17.8 Å². The number of oxime groups is 1. The minimum absolute atomic E-state index is 0.0272. The van der Waals surface area contributed by atoms with Gasteiger partial charge < -0.3 is 26.3 Å². The number of hydrogen-bond donors (Lipinski definition) is 4. The lowest BCUT2D eigenvalue weighted by Gasteiger charge is -2.13. The van der Waals surface area contributed by atoms with Crippen LogP contribution in [0.3, 0.4) is 0 Å². The van der Waals surface area contributed by atoms with Crippen LogP contribution in [0.2, 0.25) is 0 Å². The summed E-state index contributed by atoms with van der Waals surface area (Å²) in [5.74, 6) is 0.705. The number of nitrogens with two attached hydrogens (primary N) is 1. The van der Waals surface area contributed by atoms with Gasteiger partial charge in [-0.3, -0.25) is 4.79 Å². The molecule has 0 aliphatic rings. The maximum absolute atomic E-state index is 11.5. The molecule has 0 saturated heterocycles. The van der Waals surface area contributed by atoms with Crippen LogP contribution in [-0.2, 0) is 4.79 Å². The highest BCUT2D eigenvalue weighted by molar-refractivity contribution is 5.97. The van der Waals surface area contributed by atoms with Crippen molar-refractivity contribution < 1.29 is 14.7 Å². The van der Waals surface area contributed by atoms with Crippen LogP contribution in [0, 0.1) is 0 Å². The molecule has 0 saturated carbocycles. The molecule has 1 aromatic rings. The highest BCUT2D eigenvalue weighted by atomic mass is 16.5. The van der Waals surface area contributed by atoms with Crippen molar-refractivity contribution in [3.05, 3.63) is 29.8 Å². The van der Waals surface area contributed by atoms with Crippen molar-refractivity contribution in [3.63, 3.8) is 0 Å². The van der Waals surface area contributed by atoms with Crippen LogP contribution in [-0.4, -0.2) is 42.7 Å². The zero-order chi connectivity index (χ0) is 15.7. The fraction of sp³-hybridized carbons (Fsp3) is 0.429. The highest BCUT2D eigenvalue weighted by Gasteiger charge is 2.09. The molecule has 1 unspecified atom stereocenters. The van der Waals surface area contributed by atoms with Crippen LogP contribution in [0.25, 0.3) is 0 Å². The Balaban J connectivity index is 2.31. The van der Waals surface area contributed by atoms with E-state index < -0.39 is 0 Å². The maximum Gasteiger partial charge on any atom is 0.236 e. The number of amidine groups is 1. The second-order valence-electron chi connectivity index (χ2n) is 4.43. The highest BCUT2D eigenvalue weighted by Crippen LogP contribution is 2.11. The van der Waals surface area contributed by atoms with E-state index in [9.17, 15) is 4.79 Å². The number of carbonyl (C=O) groups is 1. The summed E-state index contributed by atoms with van der Waals surface area (Å²) in [6.45, 7) is 5.30. The summed E-state index contributed by atoms with van der Waals surface area (Å²) in [7, 11) is 0. The SMILES string of the molecule is CCNC(=O)C(C)NCCOc1ccc(C(N)=NO)cc1. The summed E-state index contributed by atoms with van der Waals surface area (Å²) in [5.41, 5.74) is 6.08. The summed E-state index contributed by atoms with van der Waals surface area (Å²) in [6.07, 6.45) is 0. The van der Waals surface area contributed by atoms with Crippen molar-refractivity contribution in [1.82, 2.24) is 10.6 Å². The lowest BCUT2D eigenvalue weighted by molar-refractivity contribution is -0.122. The van der Waals surface area contributed by atoms with E-state index in [1.54, 1.807) is 31.2 Å². The molecule has 0 bridgehead atoms. The molecule has 0 spiro atoms. The van der Waals surface area contributed by atoms with E-state index in [0.29, 0.717) is 31.0 Å². The molecule has 116 valence electrons. The maximum atomic E-state index is 11.5. The number of likely N-dealkylation sites (N-methyl/N-ethyl adjacent to an activating group) is 1. The van der Waals surface area contributed by atoms with Gasteiger partial charge in [-0.15, -0.1) is 0 Å². The van der Waals surface area contributed by atoms with Gasteiger partial charge in [0, 0.05) is 18.7 Å². The Bertz CT molecular complexity index is 474. The number of hydrogen-bond acceptors (Lipinski definition) is 5. The molecule has 0 heterocycles. The number of ether oxygens (including phenoxy) is 1. The first kappa shape index (κ1) is 16.8. The van der Waals surface area contributed by atoms with Crippen molar-refractivity contribution >= 4 is 11.7 Å². The first-order valence-electron chi connectivity index (χ1n) is 6.80. The summed E-state index contributed by atoms with van der Waals surface area (Å²) in [5, 5.41) is 17.3. The molecule has 0 radical (unpaired) electrons. The van der Waals surface area contributed by atoms with E-state index in [1.165, 1.54) is 0 Å². The molecular weight excluding hydrogens is 272 g/mol. The minimum atomic E-state index is -0.253. The van der Waals surface area contributed by atoms with Crippen LogP contribution in [0.4, 0.5) is 0 Å². The number of nitrogens with zero attached hydrogens (tertiary/aromatic N) is 1. The lowest BCUT2D eigenvalue weighted by atomic mass is 10.2. The van der Waals surface area contributed by atoms with Gasteiger partial charge in [-0.25, -0.2) is 0 Å². The second-order valence-corrected chi connectivity index (χ2v) is 4.43. The number of benzene rings is 1. The Morgan fingerprint density at radius 1 is 1.43 bits per heavy atom. The molecular formula is C14H22N4O3. The van der Waals surface area contributed by atoms with E-state index in [2.05, 4.69) is 15.8 Å². The van der Waals surface area contributed by atoms with Crippen LogP contribution in [0.15, 0.2) is 29.4 Å². The second kappa shape index (κ2) is 8.80. The van der Waals surface area contributed by atoms with Gasteiger partial charge in [0.25, 0.3) is 0 Å². The largest absolute Gasteiger partial charge is 0.492 e. The standard InChI is InChI=1S/C14H22N4O3/c1-3-16-14(19)10(2)17-8-9-21-12-6-4-11(5-7-12)13(15)18-20/h4-7,10,17,20H,3,8-9H2,1-2H3,(H2,15,18)(H,16,19). The predicted molar refractivity (Wildman–Crippen MR) is 80.6 cm³/mol. The molecule has 1 atom stereocenters. The number of amides is 1. The number of rotatable bonds is 8. The smallest absolute Gasteiger partial charge is 0.236 e. The Hall–Kier alpha value is -2.28. The van der Waals surface area contributed by atoms with E-state index in [1.807, 2.05) is 6.92 Å². The fourth-order valence-electron chi connectivity index (χ4n) is 1.64. The minimum Gasteiger partial charge on any atom is -0.492 e. The lowest BCUT2D eigenvalue weighted by Crippen LogP contribution is -2.43.